The number of nitro benzene ring substituents is 1. The number of anilines is 2. The highest BCUT2D eigenvalue weighted by Gasteiger charge is 2.09. The molecule has 2 rings (SSSR count). The van der Waals surface area contributed by atoms with Gasteiger partial charge in [0.1, 0.15) is 0 Å². The maximum Gasteiger partial charge on any atom is 0.271 e. The molecule has 2 aromatic rings. The molecule has 0 bridgehead atoms. The lowest BCUT2D eigenvalue weighted by atomic mass is 10.2. The zero-order valence-corrected chi connectivity index (χ0v) is 11.1. The van der Waals surface area contributed by atoms with Crippen LogP contribution in [0, 0.1) is 17.0 Å². The van der Waals surface area contributed by atoms with Crippen molar-refractivity contribution in [2.75, 3.05) is 5.32 Å². The number of nitrogens with zero attached hydrogens (tertiary/aromatic N) is 3. The standard InChI is InChI=1S/C11H10N4O2.C2H6/c1-8-3-4-9(15(16)17)7-10(8)14-11-12-5-2-6-13-11;1-2/h2-7H,1H3,(H,12,13,14);1-2H3. The number of nitro groups is 1. The normalized spacial score (nSPS) is 9.21. The van der Waals surface area contributed by atoms with Crippen molar-refractivity contribution in [3.05, 3.63) is 52.3 Å². The van der Waals surface area contributed by atoms with Crippen molar-refractivity contribution in [2.45, 2.75) is 20.8 Å². The molecule has 19 heavy (non-hydrogen) atoms. The quantitative estimate of drug-likeness (QED) is 0.675. The highest BCUT2D eigenvalue weighted by atomic mass is 16.6. The van der Waals surface area contributed by atoms with E-state index in [0.717, 1.165) is 5.56 Å². The summed E-state index contributed by atoms with van der Waals surface area (Å²) < 4.78 is 0. The van der Waals surface area contributed by atoms with Crippen molar-refractivity contribution in [1.29, 1.82) is 0 Å². The molecule has 0 aliphatic heterocycles. The topological polar surface area (TPSA) is 81.0 Å². The Labute approximate surface area is 111 Å². The number of aromatic nitrogens is 2. The van der Waals surface area contributed by atoms with Crippen LogP contribution in [0.3, 0.4) is 0 Å². The lowest BCUT2D eigenvalue weighted by Crippen LogP contribution is -1.98. The van der Waals surface area contributed by atoms with Crippen LogP contribution in [0.1, 0.15) is 19.4 Å². The molecular weight excluding hydrogens is 244 g/mol. The Hall–Kier alpha value is -2.50. The number of benzene rings is 1. The van der Waals surface area contributed by atoms with Gasteiger partial charge in [0.2, 0.25) is 5.95 Å². The van der Waals surface area contributed by atoms with Crippen molar-refractivity contribution in [3.8, 4) is 0 Å². The molecule has 6 nitrogen and oxygen atoms in total. The number of hydrogen-bond acceptors (Lipinski definition) is 5. The Morgan fingerprint density at radius 2 is 1.84 bits per heavy atom. The van der Waals surface area contributed by atoms with Gasteiger partial charge in [-0.3, -0.25) is 10.1 Å². The smallest absolute Gasteiger partial charge is 0.271 e. The van der Waals surface area contributed by atoms with E-state index >= 15 is 0 Å². The van der Waals surface area contributed by atoms with Crippen LogP contribution in [0.5, 0.6) is 0 Å². The average molecular weight is 260 g/mol. The van der Waals surface area contributed by atoms with Gasteiger partial charge in [-0.25, -0.2) is 9.97 Å². The highest BCUT2D eigenvalue weighted by Crippen LogP contribution is 2.23. The monoisotopic (exact) mass is 260 g/mol. The SMILES string of the molecule is CC.Cc1ccc([N+](=O)[O-])cc1Nc1ncccn1. The van der Waals surface area contributed by atoms with Gasteiger partial charge < -0.3 is 5.32 Å². The fraction of sp³-hybridized carbons (Fsp3) is 0.231. The summed E-state index contributed by atoms with van der Waals surface area (Å²) in [7, 11) is 0. The molecule has 0 spiro atoms. The first-order valence-electron chi connectivity index (χ1n) is 5.96. The van der Waals surface area contributed by atoms with Crippen LogP contribution in [0.4, 0.5) is 17.3 Å². The predicted molar refractivity (Wildman–Crippen MR) is 74.5 cm³/mol. The largest absolute Gasteiger partial charge is 0.324 e. The van der Waals surface area contributed by atoms with Crippen LogP contribution < -0.4 is 5.32 Å². The van der Waals surface area contributed by atoms with E-state index in [-0.39, 0.29) is 5.69 Å². The summed E-state index contributed by atoms with van der Waals surface area (Å²) in [5, 5.41) is 13.6. The molecular formula is C13H16N4O2. The van der Waals surface area contributed by atoms with Crippen molar-refractivity contribution in [1.82, 2.24) is 9.97 Å². The number of hydrogen-bond donors (Lipinski definition) is 1. The van der Waals surface area contributed by atoms with Crippen LogP contribution >= 0.6 is 0 Å². The first kappa shape index (κ1) is 14.6. The number of aryl methyl sites for hydroxylation is 1. The average Bonchev–Trinajstić information content (AvgIpc) is 2.44. The second-order valence-electron chi connectivity index (χ2n) is 3.45. The Balaban J connectivity index is 0.000000861. The summed E-state index contributed by atoms with van der Waals surface area (Å²) in [4.78, 5) is 18.2. The maximum atomic E-state index is 10.7. The van der Waals surface area contributed by atoms with Gasteiger partial charge in [-0.2, -0.15) is 0 Å². The minimum absolute atomic E-state index is 0.0361. The van der Waals surface area contributed by atoms with Crippen LogP contribution in [-0.2, 0) is 0 Å². The van der Waals surface area contributed by atoms with Crippen LogP contribution in [0.2, 0.25) is 0 Å². The molecule has 1 aromatic heterocycles. The summed E-state index contributed by atoms with van der Waals surface area (Å²) in [5.74, 6) is 0.413. The summed E-state index contributed by atoms with van der Waals surface area (Å²) in [6, 6.07) is 6.31. The molecule has 0 aliphatic carbocycles. The van der Waals surface area contributed by atoms with Crippen LogP contribution in [0.25, 0.3) is 0 Å². The van der Waals surface area contributed by atoms with E-state index in [9.17, 15) is 10.1 Å². The summed E-state index contributed by atoms with van der Waals surface area (Å²) in [6.07, 6.45) is 3.20. The second-order valence-corrected chi connectivity index (χ2v) is 3.45. The van der Waals surface area contributed by atoms with Gasteiger partial charge in [-0.1, -0.05) is 19.9 Å². The Morgan fingerprint density at radius 1 is 1.21 bits per heavy atom. The number of non-ortho nitro benzene ring substituents is 1. The third kappa shape index (κ3) is 4.02. The molecule has 1 N–H and O–H groups in total. The first-order chi connectivity index (χ1) is 9.16. The molecule has 0 atom stereocenters. The van der Waals surface area contributed by atoms with E-state index in [1.165, 1.54) is 12.1 Å². The number of rotatable bonds is 3. The molecule has 0 amide bonds. The molecule has 0 saturated heterocycles. The van der Waals surface area contributed by atoms with E-state index in [2.05, 4.69) is 15.3 Å². The second kappa shape index (κ2) is 7.05. The lowest BCUT2D eigenvalue weighted by molar-refractivity contribution is -0.384. The van der Waals surface area contributed by atoms with Crippen molar-refractivity contribution in [3.63, 3.8) is 0 Å². The fourth-order valence-corrected chi connectivity index (χ4v) is 1.34. The molecule has 0 fully saturated rings. The van der Waals surface area contributed by atoms with Crippen LogP contribution in [0.15, 0.2) is 36.7 Å². The molecule has 1 aromatic carbocycles. The molecule has 0 unspecified atom stereocenters. The maximum absolute atomic E-state index is 10.7. The van der Waals surface area contributed by atoms with Gasteiger partial charge in [0.05, 0.1) is 10.6 Å². The van der Waals surface area contributed by atoms with Crippen molar-refractivity contribution < 1.29 is 4.92 Å². The van der Waals surface area contributed by atoms with Gasteiger partial charge in [-0.15, -0.1) is 0 Å². The minimum atomic E-state index is -0.434. The summed E-state index contributed by atoms with van der Waals surface area (Å²) >= 11 is 0. The molecule has 100 valence electrons. The van der Waals surface area contributed by atoms with Gasteiger partial charge in [-0.05, 0) is 18.6 Å². The molecule has 6 heteroatoms. The zero-order valence-electron chi connectivity index (χ0n) is 11.1. The van der Waals surface area contributed by atoms with Crippen molar-refractivity contribution in [2.24, 2.45) is 0 Å². The predicted octanol–water partition coefficient (Wildman–Crippen LogP) is 3.46. The lowest BCUT2D eigenvalue weighted by Gasteiger charge is -2.07. The first-order valence-corrected chi connectivity index (χ1v) is 5.96. The van der Waals surface area contributed by atoms with E-state index in [4.69, 9.17) is 0 Å². The van der Waals surface area contributed by atoms with Gasteiger partial charge in [0.25, 0.3) is 5.69 Å². The summed E-state index contributed by atoms with van der Waals surface area (Å²) in [5.41, 5.74) is 1.56. The molecule has 0 aliphatic rings. The molecule has 0 radical (unpaired) electrons. The molecule has 1 heterocycles. The third-order valence-electron chi connectivity index (χ3n) is 2.24. The molecule has 0 saturated carbocycles. The van der Waals surface area contributed by atoms with Crippen LogP contribution in [-0.4, -0.2) is 14.9 Å². The van der Waals surface area contributed by atoms with Crippen molar-refractivity contribution >= 4 is 17.3 Å². The Morgan fingerprint density at radius 3 is 2.42 bits per heavy atom. The highest BCUT2D eigenvalue weighted by molar-refractivity contribution is 5.62. The van der Waals surface area contributed by atoms with E-state index in [0.29, 0.717) is 11.6 Å². The fourth-order valence-electron chi connectivity index (χ4n) is 1.34. The zero-order chi connectivity index (χ0) is 14.3. The minimum Gasteiger partial charge on any atom is -0.324 e. The Bertz CT molecular complexity index is 544. The summed E-state index contributed by atoms with van der Waals surface area (Å²) in [6.45, 7) is 5.86. The third-order valence-corrected chi connectivity index (χ3v) is 2.24. The van der Waals surface area contributed by atoms with Gasteiger partial charge in [0, 0.05) is 24.5 Å². The van der Waals surface area contributed by atoms with Gasteiger partial charge >= 0.3 is 0 Å². The number of nitrogens with one attached hydrogen (secondary N) is 1. The van der Waals surface area contributed by atoms with E-state index in [1.807, 2.05) is 20.8 Å². The Kier molecular flexibility index (Phi) is 5.40. The van der Waals surface area contributed by atoms with E-state index in [1.54, 1.807) is 24.5 Å². The van der Waals surface area contributed by atoms with E-state index < -0.39 is 4.92 Å². The van der Waals surface area contributed by atoms with Gasteiger partial charge in [0.15, 0.2) is 0 Å².